The van der Waals surface area contributed by atoms with Crippen LogP contribution < -0.4 is 5.32 Å². The van der Waals surface area contributed by atoms with Crippen LogP contribution in [0.3, 0.4) is 0 Å². The van der Waals surface area contributed by atoms with Crippen molar-refractivity contribution in [3.63, 3.8) is 0 Å². The molecule has 1 aliphatic rings. The Bertz CT molecular complexity index is 629. The van der Waals surface area contributed by atoms with Gasteiger partial charge in [0.15, 0.2) is 0 Å². The van der Waals surface area contributed by atoms with E-state index in [2.05, 4.69) is 63.0 Å². The molecule has 0 spiro atoms. The molecule has 134 valence electrons. The van der Waals surface area contributed by atoms with Gasteiger partial charge in [0.2, 0.25) is 0 Å². The minimum Gasteiger partial charge on any atom is -0.374 e. The first-order valence-electron chi connectivity index (χ1n) is 8.69. The second-order valence-electron chi connectivity index (χ2n) is 5.20. The van der Waals surface area contributed by atoms with Crippen LogP contribution in [0, 0.1) is 18.3 Å². The fraction of sp³-hybridized carbons (Fsp3) is 0.304. The van der Waals surface area contributed by atoms with E-state index in [1.54, 1.807) is 11.8 Å². The molecule has 1 nitrogen and oxygen atoms in total. The Morgan fingerprint density at radius 1 is 1.24 bits per heavy atom. The lowest BCUT2D eigenvalue weighted by Gasteiger charge is -2.04. The largest absolute Gasteiger partial charge is 0.374 e. The number of hydrogen-bond donors (Lipinski definition) is 1. The van der Waals surface area contributed by atoms with Crippen LogP contribution in [0.15, 0.2) is 65.5 Å². The van der Waals surface area contributed by atoms with Gasteiger partial charge in [0.1, 0.15) is 0 Å². The van der Waals surface area contributed by atoms with Gasteiger partial charge in [-0.05, 0) is 40.7 Å². The van der Waals surface area contributed by atoms with Crippen molar-refractivity contribution in [3.05, 3.63) is 71.0 Å². The summed E-state index contributed by atoms with van der Waals surface area (Å²) in [6.45, 7) is 20.4. The van der Waals surface area contributed by atoms with Crippen LogP contribution in [-0.4, -0.2) is 6.54 Å². The zero-order valence-corrected chi connectivity index (χ0v) is 16.9. The molecule has 0 saturated carbocycles. The average Bonchev–Trinajstić information content (AvgIpc) is 2.90. The highest BCUT2D eigenvalue weighted by molar-refractivity contribution is 8.07. The number of rotatable bonds is 4. The molecule has 1 atom stereocenters. The molecule has 1 N–H and O–H groups in total. The number of allylic oxidation sites excluding steroid dienone is 3. The third kappa shape index (κ3) is 8.01. The van der Waals surface area contributed by atoms with E-state index in [-0.39, 0.29) is 0 Å². The molecule has 0 aromatic heterocycles. The summed E-state index contributed by atoms with van der Waals surface area (Å²) in [6, 6.07) is 8.21. The molecule has 1 aromatic carbocycles. The summed E-state index contributed by atoms with van der Waals surface area (Å²) in [5, 5.41) is 3.14. The predicted octanol–water partition coefficient (Wildman–Crippen LogP) is 7.13. The highest BCUT2D eigenvalue weighted by Crippen LogP contribution is 2.47. The summed E-state index contributed by atoms with van der Waals surface area (Å²) < 4.78 is 0. The van der Waals surface area contributed by atoms with Gasteiger partial charge in [-0.25, -0.2) is 0 Å². The molecule has 1 unspecified atom stereocenters. The van der Waals surface area contributed by atoms with E-state index in [1.807, 2.05) is 32.1 Å². The molecule has 1 saturated heterocycles. The number of thioether (sulfide) groups is 1. The van der Waals surface area contributed by atoms with Gasteiger partial charge in [0.25, 0.3) is 0 Å². The zero-order chi connectivity index (χ0) is 19.2. The molecule has 1 fully saturated rings. The highest BCUT2D eigenvalue weighted by atomic mass is 32.2. The SMILES string of the molecule is C#CCNc1ccc(/C=C2\SC(=C)C(C)C2=C)cc1.C=CCC.CC. The van der Waals surface area contributed by atoms with Crippen molar-refractivity contribution in [2.45, 2.75) is 34.1 Å². The Balaban J connectivity index is 0.000000845. The van der Waals surface area contributed by atoms with Gasteiger partial charge < -0.3 is 5.32 Å². The summed E-state index contributed by atoms with van der Waals surface area (Å²) in [4.78, 5) is 2.38. The second kappa shape index (κ2) is 13.2. The van der Waals surface area contributed by atoms with Gasteiger partial charge in [-0.2, -0.15) is 0 Å². The summed E-state index contributed by atoms with van der Waals surface area (Å²) in [6.07, 6.45) is 10.3. The van der Waals surface area contributed by atoms with Crippen LogP contribution >= 0.6 is 11.8 Å². The van der Waals surface area contributed by atoms with Gasteiger partial charge in [-0.15, -0.1) is 13.0 Å². The Morgan fingerprint density at radius 3 is 2.20 bits per heavy atom. The maximum Gasteiger partial charge on any atom is 0.0763 e. The molecular weight excluding hydrogens is 322 g/mol. The summed E-state index contributed by atoms with van der Waals surface area (Å²) >= 11 is 1.72. The predicted molar refractivity (Wildman–Crippen MR) is 119 cm³/mol. The van der Waals surface area contributed by atoms with E-state index in [9.17, 15) is 0 Å². The molecule has 1 aromatic rings. The first-order chi connectivity index (χ1) is 12.0. The van der Waals surface area contributed by atoms with Crippen LogP contribution in [0.5, 0.6) is 0 Å². The molecule has 0 bridgehead atoms. The van der Waals surface area contributed by atoms with Crippen molar-refractivity contribution < 1.29 is 0 Å². The van der Waals surface area contributed by atoms with Gasteiger partial charge in [-0.1, -0.05) is 76.7 Å². The number of benzene rings is 1. The van der Waals surface area contributed by atoms with Crippen molar-refractivity contribution in [1.29, 1.82) is 0 Å². The van der Waals surface area contributed by atoms with Crippen molar-refractivity contribution in [1.82, 2.24) is 0 Å². The first-order valence-corrected chi connectivity index (χ1v) is 9.50. The summed E-state index contributed by atoms with van der Waals surface area (Å²) in [5.74, 6) is 2.93. The molecule has 0 radical (unpaired) electrons. The van der Waals surface area contributed by atoms with E-state index in [0.717, 1.165) is 23.2 Å². The Labute approximate surface area is 159 Å². The Hall–Kier alpha value is -2.11. The zero-order valence-electron chi connectivity index (χ0n) is 16.1. The van der Waals surface area contributed by atoms with E-state index >= 15 is 0 Å². The minimum absolute atomic E-state index is 0.368. The fourth-order valence-corrected chi connectivity index (χ4v) is 2.93. The molecule has 1 aliphatic heterocycles. The summed E-state index contributed by atoms with van der Waals surface area (Å²) in [5.41, 5.74) is 3.36. The number of anilines is 1. The minimum atomic E-state index is 0.368. The van der Waals surface area contributed by atoms with Crippen LogP contribution in [-0.2, 0) is 0 Å². The van der Waals surface area contributed by atoms with Crippen LogP contribution in [0.4, 0.5) is 5.69 Å². The Morgan fingerprint density at radius 2 is 1.80 bits per heavy atom. The van der Waals surface area contributed by atoms with Crippen LogP contribution in [0.25, 0.3) is 6.08 Å². The Kier molecular flexibility index (Phi) is 12.1. The topological polar surface area (TPSA) is 12.0 Å². The quantitative estimate of drug-likeness (QED) is 0.456. The van der Waals surface area contributed by atoms with Gasteiger partial charge in [0.05, 0.1) is 6.54 Å². The molecule has 2 heteroatoms. The second-order valence-corrected chi connectivity index (χ2v) is 6.37. The third-order valence-corrected chi connectivity index (χ3v) is 4.67. The average molecular weight is 354 g/mol. The van der Waals surface area contributed by atoms with Crippen molar-refractivity contribution in [2.24, 2.45) is 5.92 Å². The maximum atomic E-state index is 5.21. The van der Waals surface area contributed by atoms with Gasteiger partial charge >= 0.3 is 0 Å². The fourth-order valence-electron chi connectivity index (χ4n) is 1.83. The monoisotopic (exact) mass is 353 g/mol. The molecule has 0 amide bonds. The van der Waals surface area contributed by atoms with E-state index in [0.29, 0.717) is 12.5 Å². The lowest BCUT2D eigenvalue weighted by Crippen LogP contribution is -1.97. The molecule has 25 heavy (non-hydrogen) atoms. The van der Waals surface area contributed by atoms with Gasteiger partial charge in [0, 0.05) is 16.5 Å². The van der Waals surface area contributed by atoms with Crippen LogP contribution in [0.2, 0.25) is 0 Å². The lowest BCUT2D eigenvalue weighted by molar-refractivity contribution is 0.896. The number of terminal acetylenes is 1. The maximum absolute atomic E-state index is 5.21. The van der Waals surface area contributed by atoms with Crippen molar-refractivity contribution >= 4 is 23.5 Å². The van der Waals surface area contributed by atoms with E-state index < -0.39 is 0 Å². The van der Waals surface area contributed by atoms with E-state index in [4.69, 9.17) is 6.42 Å². The smallest absolute Gasteiger partial charge is 0.0763 e. The van der Waals surface area contributed by atoms with Crippen molar-refractivity contribution in [3.8, 4) is 12.3 Å². The number of hydrogen-bond acceptors (Lipinski definition) is 2. The number of nitrogens with one attached hydrogen (secondary N) is 1. The molecule has 1 heterocycles. The third-order valence-electron chi connectivity index (χ3n) is 3.45. The van der Waals surface area contributed by atoms with Gasteiger partial charge in [-0.3, -0.25) is 0 Å². The lowest BCUT2D eigenvalue weighted by atomic mass is 10.0. The standard InChI is InChI=1S/C17H17NS.C4H8.C2H6/c1-5-10-18-16-8-6-15(7-9-16)11-17-13(3)12(2)14(4)19-17;1-3-4-2;1-2/h1,6-9,11-12,18H,3-4,10H2,2H3;3H,1,4H2,2H3;1-2H3/b17-11-;;. The van der Waals surface area contributed by atoms with Crippen molar-refractivity contribution in [2.75, 3.05) is 11.9 Å². The molecule has 2 rings (SSSR count). The highest BCUT2D eigenvalue weighted by Gasteiger charge is 2.24. The normalized spacial score (nSPS) is 16.9. The van der Waals surface area contributed by atoms with E-state index in [1.165, 1.54) is 9.81 Å². The molecular formula is C23H31NS. The van der Waals surface area contributed by atoms with Crippen LogP contribution in [0.1, 0.15) is 39.7 Å². The molecule has 0 aliphatic carbocycles. The summed E-state index contributed by atoms with van der Waals surface area (Å²) in [7, 11) is 0. The first kappa shape index (κ1) is 22.9.